The molecule has 0 bridgehead atoms. The van der Waals surface area contributed by atoms with Crippen molar-refractivity contribution in [2.75, 3.05) is 47.0 Å². The summed E-state index contributed by atoms with van der Waals surface area (Å²) in [7, 11) is -1.17. The zero-order valence-corrected chi connectivity index (χ0v) is 21.7. The Morgan fingerprint density at radius 2 is 1.62 bits per heavy atom. The number of hydrogen-bond donors (Lipinski definition) is 1. The topological polar surface area (TPSA) is 79.2 Å². The molecule has 3 aromatic rings. The number of anilines is 3. The van der Waals surface area contributed by atoms with Crippen molar-refractivity contribution < 1.29 is 13.0 Å². The van der Waals surface area contributed by atoms with Crippen LogP contribution in [0.2, 0.25) is 0 Å². The van der Waals surface area contributed by atoms with Crippen LogP contribution < -0.4 is 14.5 Å². The Morgan fingerprint density at radius 3 is 2.32 bits per heavy atom. The minimum absolute atomic E-state index is 0.161. The summed E-state index contributed by atoms with van der Waals surface area (Å²) in [5.41, 5.74) is 4.54. The molecule has 11 heteroatoms. The van der Waals surface area contributed by atoms with Crippen LogP contribution in [0.4, 0.5) is 26.0 Å². The zero-order chi connectivity index (χ0) is 25.6. The predicted octanol–water partition coefficient (Wildman–Crippen LogP) is 4.65. The highest BCUT2D eigenvalue weighted by molar-refractivity contribution is 7.85. The molecule has 1 N–H and O–H groups in total. The van der Waals surface area contributed by atoms with E-state index in [4.69, 9.17) is 4.98 Å². The smallest absolute Gasteiger partial charge is 0.251 e. The normalized spacial score (nSPS) is 21.2. The third-order valence-electron chi connectivity index (χ3n) is 7.91. The maximum absolute atomic E-state index is 13.6. The van der Waals surface area contributed by atoms with Crippen LogP contribution in [0.15, 0.2) is 42.6 Å². The summed E-state index contributed by atoms with van der Waals surface area (Å²) in [6.45, 7) is 2.51. The third-order valence-corrected chi connectivity index (χ3v) is 8.44. The standard InChI is InChI=1S/C26H31F2N7OS/c1-37(36)31-19-5-6-22(23(17-19)33-13-9-25(7-8-25)10-14-33)35-18-21(30-32-35)20-3-2-4-24(29-20)34-15-11-26(27,28)12-16-34/h2-6,17-18,31H,7-16H2,1H3. The highest BCUT2D eigenvalue weighted by atomic mass is 32.2. The lowest BCUT2D eigenvalue weighted by atomic mass is 9.93. The van der Waals surface area contributed by atoms with Gasteiger partial charge in [-0.3, -0.25) is 0 Å². The number of alkyl halides is 2. The Balaban J connectivity index is 1.27. The van der Waals surface area contributed by atoms with Crippen LogP contribution in [0.3, 0.4) is 0 Å². The summed E-state index contributed by atoms with van der Waals surface area (Å²) in [5.74, 6) is -1.92. The summed E-state index contributed by atoms with van der Waals surface area (Å²) in [4.78, 5) is 9.00. The number of halogens is 2. The van der Waals surface area contributed by atoms with Crippen molar-refractivity contribution in [3.05, 3.63) is 42.6 Å². The molecule has 0 radical (unpaired) electrons. The largest absolute Gasteiger partial charge is 0.370 e. The molecule has 3 aliphatic rings. The highest BCUT2D eigenvalue weighted by Crippen LogP contribution is 2.54. The van der Waals surface area contributed by atoms with E-state index in [2.05, 4.69) is 19.9 Å². The maximum Gasteiger partial charge on any atom is 0.251 e. The molecule has 6 rings (SSSR count). The molecule has 3 fully saturated rings. The Morgan fingerprint density at radius 1 is 0.892 bits per heavy atom. The SMILES string of the molecule is CS(=O)Nc1ccc(-n2cc(-c3cccc(N4CCC(F)(F)CC4)n3)nn2)c(N2CCC3(CC2)CC3)c1. The van der Waals surface area contributed by atoms with Crippen LogP contribution in [0.5, 0.6) is 0 Å². The number of benzene rings is 1. The van der Waals surface area contributed by atoms with Crippen molar-refractivity contribution >= 4 is 28.2 Å². The van der Waals surface area contributed by atoms with Crippen LogP contribution in [0.25, 0.3) is 17.1 Å². The van der Waals surface area contributed by atoms with Crippen molar-refractivity contribution in [2.45, 2.75) is 44.4 Å². The second-order valence-electron chi connectivity index (χ2n) is 10.5. The summed E-state index contributed by atoms with van der Waals surface area (Å²) < 4.78 is 43.8. The van der Waals surface area contributed by atoms with Gasteiger partial charge in [-0.05, 0) is 61.4 Å². The number of nitrogens with zero attached hydrogens (tertiary/aromatic N) is 6. The number of pyridine rings is 1. The number of rotatable bonds is 6. The van der Waals surface area contributed by atoms with Gasteiger partial charge in [-0.25, -0.2) is 22.7 Å². The summed E-state index contributed by atoms with van der Waals surface area (Å²) in [6, 6.07) is 11.5. The lowest BCUT2D eigenvalue weighted by molar-refractivity contribution is -0.0221. The first-order chi connectivity index (χ1) is 17.8. The monoisotopic (exact) mass is 527 g/mol. The van der Waals surface area contributed by atoms with Gasteiger partial charge in [0.1, 0.15) is 22.5 Å². The van der Waals surface area contributed by atoms with Gasteiger partial charge in [0.05, 0.1) is 23.3 Å². The van der Waals surface area contributed by atoms with E-state index < -0.39 is 16.9 Å². The van der Waals surface area contributed by atoms with Crippen molar-refractivity contribution in [2.24, 2.45) is 5.41 Å². The first kappa shape index (κ1) is 24.3. The molecule has 2 aromatic heterocycles. The molecule has 0 amide bonds. The quantitative estimate of drug-likeness (QED) is 0.503. The van der Waals surface area contributed by atoms with E-state index in [9.17, 15) is 13.0 Å². The average Bonchev–Trinajstić information content (AvgIpc) is 3.44. The first-order valence-corrected chi connectivity index (χ1v) is 14.4. The molecule has 37 heavy (non-hydrogen) atoms. The molecule has 4 heterocycles. The van der Waals surface area contributed by atoms with E-state index in [-0.39, 0.29) is 25.9 Å². The van der Waals surface area contributed by atoms with Gasteiger partial charge in [-0.15, -0.1) is 5.10 Å². The fraction of sp³-hybridized carbons (Fsp3) is 0.500. The molecule has 1 aromatic carbocycles. The second kappa shape index (κ2) is 9.34. The molecule has 196 valence electrons. The van der Waals surface area contributed by atoms with Crippen molar-refractivity contribution in [3.8, 4) is 17.1 Å². The summed E-state index contributed by atoms with van der Waals surface area (Å²) in [6.07, 6.45) is 8.19. The highest BCUT2D eigenvalue weighted by Gasteiger charge is 2.44. The van der Waals surface area contributed by atoms with E-state index in [1.165, 1.54) is 25.7 Å². The lowest BCUT2D eigenvalue weighted by Crippen LogP contribution is -2.39. The first-order valence-electron chi connectivity index (χ1n) is 12.8. The Bertz CT molecular complexity index is 1310. The Kier molecular flexibility index (Phi) is 6.13. The van der Waals surface area contributed by atoms with Crippen LogP contribution in [0.1, 0.15) is 38.5 Å². The molecule has 8 nitrogen and oxygen atoms in total. The van der Waals surface area contributed by atoms with Gasteiger partial charge in [0.25, 0.3) is 5.92 Å². The predicted molar refractivity (Wildman–Crippen MR) is 142 cm³/mol. The number of hydrogen-bond acceptors (Lipinski definition) is 6. The van der Waals surface area contributed by atoms with Gasteiger partial charge in [-0.1, -0.05) is 11.3 Å². The minimum atomic E-state index is -2.60. The Labute approximate surface area is 217 Å². The van der Waals surface area contributed by atoms with Gasteiger partial charge < -0.3 is 14.5 Å². The maximum atomic E-state index is 13.6. The third kappa shape index (κ3) is 5.18. The summed E-state index contributed by atoms with van der Waals surface area (Å²) in [5, 5.41) is 8.81. The zero-order valence-electron chi connectivity index (χ0n) is 20.9. The average molecular weight is 528 g/mol. The molecule has 1 aliphatic carbocycles. The van der Waals surface area contributed by atoms with Crippen LogP contribution in [-0.4, -0.2) is 62.5 Å². The van der Waals surface area contributed by atoms with Gasteiger partial charge in [0.15, 0.2) is 0 Å². The summed E-state index contributed by atoms with van der Waals surface area (Å²) >= 11 is 0. The minimum Gasteiger partial charge on any atom is -0.370 e. The Hall–Kier alpha value is -3.08. The van der Waals surface area contributed by atoms with Crippen molar-refractivity contribution in [1.29, 1.82) is 0 Å². The molecule has 1 spiro atoms. The fourth-order valence-electron chi connectivity index (χ4n) is 5.40. The molecule has 2 saturated heterocycles. The van der Waals surface area contributed by atoms with Crippen LogP contribution in [-0.2, 0) is 11.0 Å². The second-order valence-corrected chi connectivity index (χ2v) is 11.6. The van der Waals surface area contributed by atoms with Gasteiger partial charge >= 0.3 is 0 Å². The molecule has 1 atom stereocenters. The van der Waals surface area contributed by atoms with Gasteiger partial charge in [0.2, 0.25) is 0 Å². The van der Waals surface area contributed by atoms with Crippen molar-refractivity contribution in [1.82, 2.24) is 20.0 Å². The lowest BCUT2D eigenvalue weighted by Gasteiger charge is -2.35. The van der Waals surface area contributed by atoms with Gasteiger partial charge in [-0.2, -0.15) is 0 Å². The molecule has 1 saturated carbocycles. The number of piperidine rings is 2. The molecular weight excluding hydrogens is 496 g/mol. The van der Waals surface area contributed by atoms with E-state index in [1.807, 2.05) is 47.5 Å². The number of aromatic nitrogens is 4. The molecular formula is C26H31F2N7OS. The van der Waals surface area contributed by atoms with Crippen LogP contribution >= 0.6 is 0 Å². The van der Waals surface area contributed by atoms with E-state index in [0.29, 0.717) is 22.6 Å². The number of nitrogens with one attached hydrogen (secondary N) is 1. The molecule has 1 unspecified atom stereocenters. The van der Waals surface area contributed by atoms with Gasteiger partial charge in [0, 0.05) is 51.0 Å². The van der Waals surface area contributed by atoms with E-state index in [1.54, 1.807) is 10.9 Å². The van der Waals surface area contributed by atoms with Crippen LogP contribution in [0, 0.1) is 5.41 Å². The fourth-order valence-corrected chi connectivity index (χ4v) is 5.86. The van der Waals surface area contributed by atoms with Crippen molar-refractivity contribution in [3.63, 3.8) is 0 Å². The van der Waals surface area contributed by atoms with E-state index >= 15 is 0 Å². The van der Waals surface area contributed by atoms with E-state index in [0.717, 1.165) is 30.2 Å². The molecule has 2 aliphatic heterocycles.